The van der Waals surface area contributed by atoms with Crippen molar-refractivity contribution >= 4 is 15.8 Å². The van der Waals surface area contributed by atoms with Gasteiger partial charge in [0.05, 0.1) is 31.2 Å². The number of ketones is 1. The lowest BCUT2D eigenvalue weighted by Gasteiger charge is -2.26. The maximum atomic E-state index is 13.1. The molecule has 8 nitrogen and oxygen atoms in total. The van der Waals surface area contributed by atoms with Crippen LogP contribution in [-0.4, -0.2) is 67.9 Å². The van der Waals surface area contributed by atoms with Crippen molar-refractivity contribution in [3.05, 3.63) is 70.9 Å². The Labute approximate surface area is 200 Å². The van der Waals surface area contributed by atoms with E-state index < -0.39 is 10.0 Å². The number of nitrogens with zero attached hydrogens (tertiary/aromatic N) is 3. The summed E-state index contributed by atoms with van der Waals surface area (Å²) >= 11 is 0. The van der Waals surface area contributed by atoms with Crippen LogP contribution in [0.25, 0.3) is 5.69 Å². The molecule has 0 atom stereocenters. The third kappa shape index (κ3) is 5.02. The number of hydrogen-bond acceptors (Lipinski definition) is 6. The Balaban J connectivity index is 1.56. The molecule has 1 fully saturated rings. The van der Waals surface area contributed by atoms with Crippen LogP contribution < -0.4 is 0 Å². The van der Waals surface area contributed by atoms with Gasteiger partial charge < -0.3 is 13.7 Å². The smallest absolute Gasteiger partial charge is 0.243 e. The zero-order valence-electron chi connectivity index (χ0n) is 20.1. The summed E-state index contributed by atoms with van der Waals surface area (Å²) in [5.74, 6) is 1.66. The van der Waals surface area contributed by atoms with Gasteiger partial charge in [-0.1, -0.05) is 6.07 Å². The van der Waals surface area contributed by atoms with Crippen LogP contribution in [0.4, 0.5) is 0 Å². The van der Waals surface area contributed by atoms with Crippen LogP contribution in [0.15, 0.2) is 51.8 Å². The molecule has 34 heavy (non-hydrogen) atoms. The van der Waals surface area contributed by atoms with E-state index in [9.17, 15) is 13.2 Å². The first-order chi connectivity index (χ1) is 16.2. The van der Waals surface area contributed by atoms with Crippen molar-refractivity contribution < 1.29 is 22.4 Å². The summed E-state index contributed by atoms with van der Waals surface area (Å²) in [5.41, 5.74) is 2.99. The largest absolute Gasteiger partial charge is 0.465 e. The summed E-state index contributed by atoms with van der Waals surface area (Å²) in [6.45, 7) is 7.97. The summed E-state index contributed by atoms with van der Waals surface area (Å²) in [6, 6.07) is 12.6. The van der Waals surface area contributed by atoms with Gasteiger partial charge in [-0.25, -0.2) is 8.42 Å². The van der Waals surface area contributed by atoms with E-state index in [4.69, 9.17) is 9.15 Å². The number of Topliss-reactive ketones (excluding diaryl/α,β-unsaturated/α-hetero) is 1. The SMILES string of the molecule is Cc1ccc(CN(C)CC(=O)c2cc(C)n(-c3cccc(S(=O)(=O)N4CCOCC4)c3)c2C)o1. The maximum absolute atomic E-state index is 13.1. The van der Waals surface area contributed by atoms with Crippen molar-refractivity contribution in [1.82, 2.24) is 13.8 Å². The maximum Gasteiger partial charge on any atom is 0.243 e. The quantitative estimate of drug-likeness (QED) is 0.455. The van der Waals surface area contributed by atoms with Gasteiger partial charge in [-0.05, 0) is 64.2 Å². The summed E-state index contributed by atoms with van der Waals surface area (Å²) in [4.78, 5) is 15.3. The number of morpholine rings is 1. The van der Waals surface area contributed by atoms with Gasteiger partial charge in [-0.15, -0.1) is 0 Å². The van der Waals surface area contributed by atoms with Crippen LogP contribution in [0.2, 0.25) is 0 Å². The van der Waals surface area contributed by atoms with Gasteiger partial charge in [0, 0.05) is 35.7 Å². The third-order valence-corrected chi connectivity index (χ3v) is 7.95. The molecule has 3 aromatic rings. The highest BCUT2D eigenvalue weighted by molar-refractivity contribution is 7.89. The summed E-state index contributed by atoms with van der Waals surface area (Å²) in [5, 5.41) is 0. The van der Waals surface area contributed by atoms with Gasteiger partial charge in [-0.3, -0.25) is 9.69 Å². The molecule has 0 N–H and O–H groups in total. The van der Waals surface area contributed by atoms with E-state index in [0.717, 1.165) is 22.9 Å². The van der Waals surface area contributed by atoms with E-state index in [1.807, 2.05) is 61.6 Å². The van der Waals surface area contributed by atoms with Crippen LogP contribution >= 0.6 is 0 Å². The lowest BCUT2D eigenvalue weighted by atomic mass is 10.1. The average molecular weight is 486 g/mol. The minimum absolute atomic E-state index is 0.00206. The first-order valence-electron chi connectivity index (χ1n) is 11.3. The predicted molar refractivity (Wildman–Crippen MR) is 129 cm³/mol. The standard InChI is InChI=1S/C25H31N3O5S/c1-18-14-24(25(29)17-26(4)16-22-9-8-19(2)33-22)20(3)28(18)21-6-5-7-23(15-21)34(30,31)27-10-12-32-13-11-27/h5-9,14-15H,10-13,16-17H2,1-4H3. The molecule has 0 amide bonds. The molecule has 0 saturated carbocycles. The Morgan fingerprint density at radius 1 is 1.06 bits per heavy atom. The number of sulfonamides is 1. The molecule has 1 aliphatic heterocycles. The van der Waals surface area contributed by atoms with Crippen molar-refractivity contribution in [2.75, 3.05) is 39.9 Å². The molecule has 3 heterocycles. The number of aryl methyl sites for hydroxylation is 2. The average Bonchev–Trinajstić information content (AvgIpc) is 3.35. The monoisotopic (exact) mass is 485 g/mol. The molecule has 0 bridgehead atoms. The first kappa shape index (κ1) is 24.4. The van der Waals surface area contributed by atoms with Crippen LogP contribution in [-0.2, 0) is 21.3 Å². The van der Waals surface area contributed by atoms with E-state index in [1.54, 1.807) is 18.2 Å². The second kappa shape index (κ2) is 9.87. The van der Waals surface area contributed by atoms with Gasteiger partial charge in [0.15, 0.2) is 5.78 Å². The molecule has 0 aliphatic carbocycles. The fourth-order valence-corrected chi connectivity index (χ4v) is 5.83. The second-order valence-corrected chi connectivity index (χ2v) is 10.7. The molecule has 4 rings (SSSR count). The summed E-state index contributed by atoms with van der Waals surface area (Å²) < 4.78 is 40.5. The third-order valence-electron chi connectivity index (χ3n) is 6.05. The zero-order chi connectivity index (χ0) is 24.5. The molecular weight excluding hydrogens is 454 g/mol. The molecule has 0 unspecified atom stereocenters. The van der Waals surface area contributed by atoms with Crippen molar-refractivity contribution in [2.45, 2.75) is 32.2 Å². The second-order valence-electron chi connectivity index (χ2n) is 8.74. The van der Waals surface area contributed by atoms with Gasteiger partial charge in [0.1, 0.15) is 11.5 Å². The van der Waals surface area contributed by atoms with E-state index in [1.165, 1.54) is 4.31 Å². The molecule has 1 saturated heterocycles. The zero-order valence-corrected chi connectivity index (χ0v) is 20.9. The van der Waals surface area contributed by atoms with Crippen molar-refractivity contribution in [2.24, 2.45) is 0 Å². The first-order valence-corrected chi connectivity index (χ1v) is 12.7. The Kier molecular flexibility index (Phi) is 7.09. The van der Waals surface area contributed by atoms with Crippen molar-refractivity contribution in [1.29, 1.82) is 0 Å². The molecule has 2 aromatic heterocycles. The van der Waals surface area contributed by atoms with Crippen LogP contribution in [0, 0.1) is 20.8 Å². The molecule has 1 aliphatic rings. The minimum atomic E-state index is -3.61. The van der Waals surface area contributed by atoms with E-state index in [0.29, 0.717) is 44.1 Å². The van der Waals surface area contributed by atoms with Gasteiger partial charge in [-0.2, -0.15) is 4.31 Å². The molecule has 182 valence electrons. The van der Waals surface area contributed by atoms with Gasteiger partial charge in [0.2, 0.25) is 10.0 Å². The lowest BCUT2D eigenvalue weighted by Crippen LogP contribution is -2.40. The molecule has 0 spiro atoms. The normalized spacial score (nSPS) is 15.2. The summed E-state index contributed by atoms with van der Waals surface area (Å²) in [6.07, 6.45) is 0. The number of likely N-dealkylation sites (N-methyl/N-ethyl adjacent to an activating group) is 1. The highest BCUT2D eigenvalue weighted by Crippen LogP contribution is 2.25. The van der Waals surface area contributed by atoms with Crippen LogP contribution in [0.5, 0.6) is 0 Å². The topological polar surface area (TPSA) is 85.0 Å². The van der Waals surface area contributed by atoms with Gasteiger partial charge >= 0.3 is 0 Å². The molecule has 1 aromatic carbocycles. The van der Waals surface area contributed by atoms with Gasteiger partial charge in [0.25, 0.3) is 0 Å². The Morgan fingerprint density at radius 3 is 2.47 bits per heavy atom. The Bertz CT molecular complexity index is 1290. The van der Waals surface area contributed by atoms with Crippen LogP contribution in [0.1, 0.15) is 33.3 Å². The number of furan rings is 1. The Hall–Kier alpha value is -2.72. The number of carbonyl (C=O) groups excluding carboxylic acids is 1. The number of carbonyl (C=O) groups is 1. The van der Waals surface area contributed by atoms with E-state index in [-0.39, 0.29) is 17.2 Å². The highest BCUT2D eigenvalue weighted by atomic mass is 32.2. The predicted octanol–water partition coefficient (Wildman–Crippen LogP) is 3.33. The fourth-order valence-electron chi connectivity index (χ4n) is 4.38. The highest BCUT2D eigenvalue weighted by Gasteiger charge is 2.27. The Morgan fingerprint density at radius 2 is 1.79 bits per heavy atom. The van der Waals surface area contributed by atoms with E-state index >= 15 is 0 Å². The number of benzene rings is 1. The lowest BCUT2D eigenvalue weighted by molar-refractivity contribution is 0.0730. The number of aromatic nitrogens is 1. The number of ether oxygens (including phenoxy) is 1. The summed E-state index contributed by atoms with van der Waals surface area (Å²) in [7, 11) is -1.73. The van der Waals surface area contributed by atoms with Crippen molar-refractivity contribution in [3.8, 4) is 5.69 Å². The molecular formula is C25H31N3O5S. The number of rotatable bonds is 8. The fraction of sp³-hybridized carbons (Fsp3) is 0.400. The molecule has 9 heteroatoms. The van der Waals surface area contributed by atoms with Crippen LogP contribution in [0.3, 0.4) is 0 Å². The van der Waals surface area contributed by atoms with Crippen molar-refractivity contribution in [3.63, 3.8) is 0 Å². The van der Waals surface area contributed by atoms with E-state index in [2.05, 4.69) is 0 Å². The minimum Gasteiger partial charge on any atom is -0.465 e. The molecule has 0 radical (unpaired) electrons. The number of hydrogen-bond donors (Lipinski definition) is 0.